The molecule has 94 valence electrons. The van der Waals surface area contributed by atoms with Crippen LogP contribution < -0.4 is 5.56 Å². The van der Waals surface area contributed by atoms with Crippen LogP contribution in [0.15, 0.2) is 29.3 Å². The van der Waals surface area contributed by atoms with E-state index in [1.807, 2.05) is 13.0 Å². The maximum Gasteiger partial charge on any atom is 0.254 e. The van der Waals surface area contributed by atoms with Crippen LogP contribution in [0.25, 0.3) is 11.3 Å². The topological polar surface area (TPSA) is 45.8 Å². The minimum atomic E-state index is -0.127. The van der Waals surface area contributed by atoms with Crippen molar-refractivity contribution in [3.63, 3.8) is 0 Å². The van der Waals surface area contributed by atoms with Gasteiger partial charge in [-0.1, -0.05) is 48.7 Å². The standard InChI is InChI=1S/C13H12Cl2N2O/c1-2-4-9-12(16-7-17-13(9)18)8-5-3-6-10(14)11(8)15/h3,5-7H,2,4H2,1H3,(H,16,17,18). The summed E-state index contributed by atoms with van der Waals surface area (Å²) in [5.41, 5.74) is 1.81. The molecule has 0 saturated heterocycles. The van der Waals surface area contributed by atoms with Crippen LogP contribution in [0.4, 0.5) is 0 Å². The zero-order valence-electron chi connectivity index (χ0n) is 9.84. The molecule has 1 N–H and O–H groups in total. The van der Waals surface area contributed by atoms with Crippen LogP contribution in [0.3, 0.4) is 0 Å². The molecule has 2 aromatic rings. The summed E-state index contributed by atoms with van der Waals surface area (Å²) < 4.78 is 0. The minimum absolute atomic E-state index is 0.127. The lowest BCUT2D eigenvalue weighted by molar-refractivity contribution is 0.888. The summed E-state index contributed by atoms with van der Waals surface area (Å²) in [6, 6.07) is 5.32. The Hall–Kier alpha value is -1.32. The Morgan fingerprint density at radius 1 is 1.33 bits per heavy atom. The molecular weight excluding hydrogens is 271 g/mol. The molecule has 0 aliphatic heterocycles. The van der Waals surface area contributed by atoms with Crippen molar-refractivity contribution in [2.24, 2.45) is 0 Å². The predicted molar refractivity (Wildman–Crippen MR) is 74.3 cm³/mol. The van der Waals surface area contributed by atoms with Crippen molar-refractivity contribution in [1.82, 2.24) is 9.97 Å². The molecule has 1 aromatic carbocycles. The number of nitrogens with one attached hydrogen (secondary N) is 1. The van der Waals surface area contributed by atoms with Gasteiger partial charge in [0.1, 0.15) is 0 Å². The molecule has 18 heavy (non-hydrogen) atoms. The molecule has 0 aliphatic carbocycles. The molecule has 0 radical (unpaired) electrons. The van der Waals surface area contributed by atoms with Crippen molar-refractivity contribution in [1.29, 1.82) is 0 Å². The van der Waals surface area contributed by atoms with Gasteiger partial charge in [0.15, 0.2) is 0 Å². The summed E-state index contributed by atoms with van der Waals surface area (Å²) in [4.78, 5) is 18.6. The number of aromatic amines is 1. The van der Waals surface area contributed by atoms with Crippen molar-refractivity contribution in [2.45, 2.75) is 19.8 Å². The lowest BCUT2D eigenvalue weighted by Gasteiger charge is -2.09. The number of rotatable bonds is 3. The van der Waals surface area contributed by atoms with E-state index in [1.54, 1.807) is 12.1 Å². The van der Waals surface area contributed by atoms with E-state index in [1.165, 1.54) is 6.33 Å². The lowest BCUT2D eigenvalue weighted by atomic mass is 10.0. The molecule has 0 saturated carbocycles. The van der Waals surface area contributed by atoms with Crippen molar-refractivity contribution >= 4 is 23.2 Å². The fraction of sp³-hybridized carbons (Fsp3) is 0.231. The Bertz CT molecular complexity index is 623. The van der Waals surface area contributed by atoms with E-state index < -0.39 is 0 Å². The minimum Gasteiger partial charge on any atom is -0.313 e. The summed E-state index contributed by atoms with van der Waals surface area (Å²) in [7, 11) is 0. The molecule has 0 atom stereocenters. The fourth-order valence-electron chi connectivity index (χ4n) is 1.83. The van der Waals surface area contributed by atoms with E-state index in [0.29, 0.717) is 33.3 Å². The Balaban J connectivity index is 2.67. The highest BCUT2D eigenvalue weighted by atomic mass is 35.5. The highest BCUT2D eigenvalue weighted by molar-refractivity contribution is 6.43. The first-order chi connectivity index (χ1) is 8.65. The number of hydrogen-bond acceptors (Lipinski definition) is 2. The average Bonchev–Trinajstić information content (AvgIpc) is 2.36. The predicted octanol–water partition coefficient (Wildman–Crippen LogP) is 3.70. The van der Waals surface area contributed by atoms with E-state index in [0.717, 1.165) is 6.42 Å². The van der Waals surface area contributed by atoms with Gasteiger partial charge in [-0.2, -0.15) is 0 Å². The molecule has 0 spiro atoms. The van der Waals surface area contributed by atoms with Crippen molar-refractivity contribution in [3.05, 3.63) is 50.5 Å². The molecule has 2 rings (SSSR count). The van der Waals surface area contributed by atoms with E-state index in [9.17, 15) is 4.79 Å². The number of aromatic nitrogens is 2. The molecule has 0 bridgehead atoms. The van der Waals surface area contributed by atoms with Gasteiger partial charge < -0.3 is 4.98 Å². The Kier molecular flexibility index (Phi) is 4.04. The van der Waals surface area contributed by atoms with Crippen LogP contribution in [-0.4, -0.2) is 9.97 Å². The second-order valence-electron chi connectivity index (χ2n) is 3.91. The zero-order valence-corrected chi connectivity index (χ0v) is 11.3. The van der Waals surface area contributed by atoms with E-state index in [4.69, 9.17) is 23.2 Å². The summed E-state index contributed by atoms with van der Waals surface area (Å²) in [6.07, 6.45) is 2.90. The number of hydrogen-bond donors (Lipinski definition) is 1. The summed E-state index contributed by atoms with van der Waals surface area (Å²) in [5.74, 6) is 0. The first-order valence-electron chi connectivity index (χ1n) is 5.66. The zero-order chi connectivity index (χ0) is 13.1. The molecule has 1 heterocycles. The van der Waals surface area contributed by atoms with Crippen molar-refractivity contribution < 1.29 is 0 Å². The van der Waals surface area contributed by atoms with Gasteiger partial charge >= 0.3 is 0 Å². The third-order valence-corrected chi connectivity index (χ3v) is 3.47. The van der Waals surface area contributed by atoms with E-state index in [-0.39, 0.29) is 5.56 Å². The quantitative estimate of drug-likeness (QED) is 0.933. The van der Waals surface area contributed by atoms with Crippen molar-refractivity contribution in [2.75, 3.05) is 0 Å². The third-order valence-electron chi connectivity index (χ3n) is 2.66. The summed E-state index contributed by atoms with van der Waals surface area (Å²) in [6.45, 7) is 2.01. The Morgan fingerprint density at radius 3 is 2.83 bits per heavy atom. The molecular formula is C13H12Cl2N2O. The first kappa shape index (κ1) is 13.1. The Morgan fingerprint density at radius 2 is 2.11 bits per heavy atom. The van der Waals surface area contributed by atoms with Gasteiger partial charge in [0, 0.05) is 11.1 Å². The number of nitrogens with zero attached hydrogens (tertiary/aromatic N) is 1. The van der Waals surface area contributed by atoms with Gasteiger partial charge in [-0.3, -0.25) is 4.79 Å². The largest absolute Gasteiger partial charge is 0.313 e. The van der Waals surface area contributed by atoms with E-state index in [2.05, 4.69) is 9.97 Å². The van der Waals surface area contributed by atoms with Gasteiger partial charge in [0.05, 0.1) is 22.1 Å². The van der Waals surface area contributed by atoms with Crippen LogP contribution >= 0.6 is 23.2 Å². The van der Waals surface area contributed by atoms with Gasteiger partial charge in [-0.15, -0.1) is 0 Å². The molecule has 0 aliphatic rings. The molecule has 0 amide bonds. The summed E-state index contributed by atoms with van der Waals surface area (Å²) >= 11 is 12.2. The van der Waals surface area contributed by atoms with Gasteiger partial charge in [-0.05, 0) is 12.5 Å². The van der Waals surface area contributed by atoms with Crippen LogP contribution in [0, 0.1) is 0 Å². The normalized spacial score (nSPS) is 10.6. The van der Waals surface area contributed by atoms with Crippen LogP contribution in [0.2, 0.25) is 10.0 Å². The first-order valence-corrected chi connectivity index (χ1v) is 6.41. The van der Waals surface area contributed by atoms with Crippen LogP contribution in [0.5, 0.6) is 0 Å². The maximum absolute atomic E-state index is 11.8. The van der Waals surface area contributed by atoms with Gasteiger partial charge in [0.25, 0.3) is 5.56 Å². The maximum atomic E-state index is 11.8. The van der Waals surface area contributed by atoms with Crippen LogP contribution in [-0.2, 0) is 6.42 Å². The van der Waals surface area contributed by atoms with Gasteiger partial charge in [0.2, 0.25) is 0 Å². The van der Waals surface area contributed by atoms with Crippen LogP contribution in [0.1, 0.15) is 18.9 Å². The second kappa shape index (κ2) is 5.55. The van der Waals surface area contributed by atoms with Gasteiger partial charge in [-0.25, -0.2) is 4.98 Å². The molecule has 1 aromatic heterocycles. The third kappa shape index (κ3) is 2.42. The second-order valence-corrected chi connectivity index (χ2v) is 4.70. The smallest absolute Gasteiger partial charge is 0.254 e. The average molecular weight is 283 g/mol. The molecule has 3 nitrogen and oxygen atoms in total. The fourth-order valence-corrected chi connectivity index (χ4v) is 2.22. The SMILES string of the molecule is CCCc1c(-c2cccc(Cl)c2Cl)nc[nH]c1=O. The molecule has 0 unspecified atom stereocenters. The number of halogens is 2. The van der Waals surface area contributed by atoms with E-state index >= 15 is 0 Å². The Labute approximate surface area is 115 Å². The molecule has 5 heteroatoms. The highest BCUT2D eigenvalue weighted by Gasteiger charge is 2.14. The highest BCUT2D eigenvalue weighted by Crippen LogP contribution is 2.33. The molecule has 0 fully saturated rings. The number of H-pyrrole nitrogens is 1. The lowest BCUT2D eigenvalue weighted by Crippen LogP contribution is -2.14. The number of benzene rings is 1. The van der Waals surface area contributed by atoms with Crippen molar-refractivity contribution in [3.8, 4) is 11.3 Å². The monoisotopic (exact) mass is 282 g/mol. The summed E-state index contributed by atoms with van der Waals surface area (Å²) in [5, 5.41) is 0.883.